The average molecular weight is 189 g/mol. The Morgan fingerprint density at radius 2 is 2.00 bits per heavy atom. The van der Waals surface area contributed by atoms with Crippen LogP contribution in [0.1, 0.15) is 52.4 Å². The van der Waals surface area contributed by atoms with Crippen LogP contribution in [0.4, 0.5) is 4.70 Å². The maximum absolute atomic E-state index is 2.70. The van der Waals surface area contributed by atoms with Crippen LogP contribution >= 0.6 is 0 Å². The standard InChI is InChI=1S/C11H23N.FH/c1-3-5-9-12-10-6-8-11(12)7-4-2;/h11H,3-10H2,1-2H3;1H. The van der Waals surface area contributed by atoms with Crippen LogP contribution in [0.15, 0.2) is 0 Å². The Bertz CT molecular complexity index is 117. The highest BCUT2D eigenvalue weighted by Gasteiger charge is 2.22. The van der Waals surface area contributed by atoms with Crippen molar-refractivity contribution in [3.8, 4) is 0 Å². The zero-order chi connectivity index (χ0) is 8.81. The molecule has 0 aliphatic carbocycles. The van der Waals surface area contributed by atoms with Crippen LogP contribution in [0.5, 0.6) is 0 Å². The van der Waals surface area contributed by atoms with Crippen LogP contribution < -0.4 is 0 Å². The molecule has 0 amide bonds. The summed E-state index contributed by atoms with van der Waals surface area (Å²) in [5.74, 6) is 0. The Labute approximate surface area is 81.9 Å². The summed E-state index contributed by atoms with van der Waals surface area (Å²) in [4.78, 5) is 2.70. The molecule has 0 aromatic carbocycles. The summed E-state index contributed by atoms with van der Waals surface area (Å²) in [6, 6.07) is 0.932. The fraction of sp³-hybridized carbons (Fsp3) is 1.00. The first-order chi connectivity index (χ1) is 5.88. The normalized spacial score (nSPS) is 23.1. The van der Waals surface area contributed by atoms with Crippen LogP contribution in [-0.4, -0.2) is 24.0 Å². The topological polar surface area (TPSA) is 3.24 Å². The number of hydrogen-bond acceptors (Lipinski definition) is 1. The van der Waals surface area contributed by atoms with Gasteiger partial charge < -0.3 is 4.90 Å². The van der Waals surface area contributed by atoms with Gasteiger partial charge in [-0.15, -0.1) is 0 Å². The molecule has 0 spiro atoms. The number of likely N-dealkylation sites (tertiary alicyclic amines) is 1. The summed E-state index contributed by atoms with van der Waals surface area (Å²) in [5.41, 5.74) is 0. The van der Waals surface area contributed by atoms with Crippen LogP contribution in [-0.2, 0) is 0 Å². The lowest BCUT2D eigenvalue weighted by atomic mass is 10.1. The molecule has 1 atom stereocenters. The number of nitrogens with zero attached hydrogens (tertiary/aromatic N) is 1. The van der Waals surface area contributed by atoms with Gasteiger partial charge in [0, 0.05) is 6.04 Å². The van der Waals surface area contributed by atoms with Crippen molar-refractivity contribution in [2.45, 2.75) is 58.4 Å². The Morgan fingerprint density at radius 1 is 1.23 bits per heavy atom. The molecule has 0 saturated carbocycles. The molecule has 1 unspecified atom stereocenters. The summed E-state index contributed by atoms with van der Waals surface area (Å²) in [5, 5.41) is 0. The molecule has 0 N–H and O–H groups in total. The molecular formula is C11H24FN. The predicted molar refractivity (Wildman–Crippen MR) is 56.9 cm³/mol. The van der Waals surface area contributed by atoms with E-state index in [0.717, 1.165) is 6.04 Å². The molecule has 0 aromatic heterocycles. The van der Waals surface area contributed by atoms with Crippen LogP contribution in [0.25, 0.3) is 0 Å². The summed E-state index contributed by atoms with van der Waals surface area (Å²) in [6.45, 7) is 7.30. The third-order valence-electron chi connectivity index (χ3n) is 2.92. The molecule has 2 heteroatoms. The van der Waals surface area contributed by atoms with Crippen LogP contribution in [0, 0.1) is 0 Å². The summed E-state index contributed by atoms with van der Waals surface area (Å²) in [6.07, 6.45) is 8.40. The molecule has 1 saturated heterocycles. The smallest absolute Gasteiger partial charge is 0.00956 e. The van der Waals surface area contributed by atoms with Gasteiger partial charge in [-0.05, 0) is 38.8 Å². The molecule has 1 aliphatic rings. The Balaban J connectivity index is 0.00000144. The van der Waals surface area contributed by atoms with E-state index in [1.54, 1.807) is 0 Å². The van der Waals surface area contributed by atoms with E-state index in [4.69, 9.17) is 0 Å². The van der Waals surface area contributed by atoms with Crippen molar-refractivity contribution < 1.29 is 4.70 Å². The second-order valence-corrected chi connectivity index (χ2v) is 3.97. The molecule has 0 bridgehead atoms. The second-order valence-electron chi connectivity index (χ2n) is 3.97. The minimum atomic E-state index is 0. The molecule has 1 heterocycles. The van der Waals surface area contributed by atoms with E-state index < -0.39 is 0 Å². The van der Waals surface area contributed by atoms with E-state index >= 15 is 0 Å². The number of unbranched alkanes of at least 4 members (excludes halogenated alkanes) is 1. The van der Waals surface area contributed by atoms with Gasteiger partial charge in [0.25, 0.3) is 0 Å². The highest BCUT2D eigenvalue weighted by molar-refractivity contribution is 4.78. The van der Waals surface area contributed by atoms with Crippen molar-refractivity contribution in [2.24, 2.45) is 0 Å². The Morgan fingerprint density at radius 3 is 2.62 bits per heavy atom. The SMILES string of the molecule is CCCCN1CCCC1CCC.F. The highest BCUT2D eigenvalue weighted by atomic mass is 19.0. The van der Waals surface area contributed by atoms with Crippen LogP contribution in [0.2, 0.25) is 0 Å². The molecular weight excluding hydrogens is 165 g/mol. The van der Waals surface area contributed by atoms with Crippen molar-refractivity contribution in [1.29, 1.82) is 0 Å². The van der Waals surface area contributed by atoms with E-state index in [-0.39, 0.29) is 4.70 Å². The average Bonchev–Trinajstić information content (AvgIpc) is 2.50. The lowest BCUT2D eigenvalue weighted by molar-refractivity contribution is 0.238. The molecule has 1 nitrogen and oxygen atoms in total. The predicted octanol–water partition coefficient (Wildman–Crippen LogP) is 3.20. The fourth-order valence-corrected chi connectivity index (χ4v) is 2.21. The van der Waals surface area contributed by atoms with E-state index in [1.807, 2.05) is 0 Å². The molecule has 1 rings (SSSR count). The minimum absolute atomic E-state index is 0. The third-order valence-corrected chi connectivity index (χ3v) is 2.92. The van der Waals surface area contributed by atoms with Crippen molar-refractivity contribution in [3.05, 3.63) is 0 Å². The Hall–Kier alpha value is -0.110. The molecule has 1 fully saturated rings. The van der Waals surface area contributed by atoms with E-state index in [9.17, 15) is 0 Å². The van der Waals surface area contributed by atoms with Gasteiger partial charge in [-0.25, -0.2) is 0 Å². The highest BCUT2D eigenvalue weighted by Crippen LogP contribution is 2.21. The van der Waals surface area contributed by atoms with Gasteiger partial charge in [-0.1, -0.05) is 26.7 Å². The molecule has 0 radical (unpaired) electrons. The first-order valence-corrected chi connectivity index (χ1v) is 5.62. The van der Waals surface area contributed by atoms with Gasteiger partial charge >= 0.3 is 0 Å². The third kappa shape index (κ3) is 4.08. The monoisotopic (exact) mass is 189 g/mol. The van der Waals surface area contributed by atoms with Crippen molar-refractivity contribution in [3.63, 3.8) is 0 Å². The maximum Gasteiger partial charge on any atom is 0.00956 e. The van der Waals surface area contributed by atoms with Crippen molar-refractivity contribution in [1.82, 2.24) is 4.90 Å². The van der Waals surface area contributed by atoms with Gasteiger partial charge in [-0.3, -0.25) is 4.70 Å². The Kier molecular flexibility index (Phi) is 7.25. The van der Waals surface area contributed by atoms with Gasteiger partial charge in [0.1, 0.15) is 0 Å². The van der Waals surface area contributed by atoms with Gasteiger partial charge in [0.2, 0.25) is 0 Å². The minimum Gasteiger partial charge on any atom is -0.300 e. The maximum atomic E-state index is 2.70. The van der Waals surface area contributed by atoms with E-state index in [0.29, 0.717) is 0 Å². The number of rotatable bonds is 5. The molecule has 0 aromatic rings. The lowest BCUT2D eigenvalue weighted by Gasteiger charge is -2.23. The lowest BCUT2D eigenvalue weighted by Crippen LogP contribution is -2.30. The van der Waals surface area contributed by atoms with Gasteiger partial charge in [0.05, 0.1) is 0 Å². The van der Waals surface area contributed by atoms with Crippen LogP contribution in [0.3, 0.4) is 0 Å². The van der Waals surface area contributed by atoms with Gasteiger partial charge in [0.15, 0.2) is 0 Å². The number of halogens is 1. The summed E-state index contributed by atoms with van der Waals surface area (Å²) in [7, 11) is 0. The first-order valence-electron chi connectivity index (χ1n) is 5.62. The largest absolute Gasteiger partial charge is 0.300 e. The van der Waals surface area contributed by atoms with Crippen molar-refractivity contribution >= 4 is 0 Å². The molecule has 13 heavy (non-hydrogen) atoms. The number of hydrogen-bond donors (Lipinski definition) is 0. The zero-order valence-electron chi connectivity index (χ0n) is 9.09. The van der Waals surface area contributed by atoms with E-state index in [1.165, 1.54) is 51.6 Å². The zero-order valence-corrected chi connectivity index (χ0v) is 9.09. The summed E-state index contributed by atoms with van der Waals surface area (Å²) >= 11 is 0. The van der Waals surface area contributed by atoms with Crippen molar-refractivity contribution in [2.75, 3.05) is 13.1 Å². The van der Waals surface area contributed by atoms with Gasteiger partial charge in [-0.2, -0.15) is 0 Å². The molecule has 80 valence electrons. The second kappa shape index (κ2) is 7.31. The molecule has 1 aliphatic heterocycles. The fourth-order valence-electron chi connectivity index (χ4n) is 2.21. The quantitative estimate of drug-likeness (QED) is 0.642. The first kappa shape index (κ1) is 12.9. The van der Waals surface area contributed by atoms with E-state index in [2.05, 4.69) is 18.7 Å². The summed E-state index contributed by atoms with van der Waals surface area (Å²) < 4.78 is 0.